The largest absolute Gasteiger partial charge is 0.493 e. The third-order valence-corrected chi connectivity index (χ3v) is 5.27. The molecule has 154 valence electrons. The predicted octanol–water partition coefficient (Wildman–Crippen LogP) is 3.26. The lowest BCUT2D eigenvalue weighted by Crippen LogP contribution is -2.44. The first-order valence-corrected chi connectivity index (χ1v) is 9.41. The Balaban J connectivity index is 1.90. The number of nitrogens with one attached hydrogen (secondary N) is 1. The molecule has 1 saturated heterocycles. The number of ether oxygens (including phenoxy) is 3. The quantitative estimate of drug-likeness (QED) is 0.808. The fourth-order valence-electron chi connectivity index (χ4n) is 3.81. The minimum Gasteiger partial charge on any atom is -0.493 e. The summed E-state index contributed by atoms with van der Waals surface area (Å²) in [7, 11) is 6.32. The number of methoxy groups -OCH3 is 3. The van der Waals surface area contributed by atoms with Gasteiger partial charge in [-0.25, -0.2) is 0 Å². The van der Waals surface area contributed by atoms with Crippen LogP contribution in [0.5, 0.6) is 17.2 Å². The molecule has 3 rings (SSSR count). The zero-order valence-electron chi connectivity index (χ0n) is 17.1. The summed E-state index contributed by atoms with van der Waals surface area (Å²) < 4.78 is 16.0. The van der Waals surface area contributed by atoms with E-state index in [4.69, 9.17) is 14.2 Å². The van der Waals surface area contributed by atoms with Gasteiger partial charge >= 0.3 is 0 Å². The molecule has 2 amide bonds. The number of carbonyl (C=O) groups excluding carboxylic acids is 2. The second-order valence-electron chi connectivity index (χ2n) is 6.91. The minimum absolute atomic E-state index is 0.0377. The van der Waals surface area contributed by atoms with Crippen molar-refractivity contribution in [1.29, 1.82) is 0 Å². The molecular formula is C22H26N2O5. The standard InChI is InChI=1S/C22H26N2O5/c1-24-19(25)11-10-16(20(24)14-8-6-5-7-9-14)22(26)23-15-12-17(27-2)21(29-4)18(13-15)28-3/h5-9,12-13,16,20H,10-11H2,1-4H3,(H,23,26)/t16-,20-/m0/s1. The molecule has 2 aromatic rings. The van der Waals surface area contributed by atoms with E-state index < -0.39 is 0 Å². The lowest BCUT2D eigenvalue weighted by molar-refractivity contribution is -0.140. The van der Waals surface area contributed by atoms with Crippen molar-refractivity contribution in [1.82, 2.24) is 4.90 Å². The number of anilines is 1. The van der Waals surface area contributed by atoms with Crippen molar-refractivity contribution in [3.63, 3.8) is 0 Å². The van der Waals surface area contributed by atoms with E-state index in [1.807, 2.05) is 30.3 Å². The lowest BCUT2D eigenvalue weighted by atomic mass is 9.84. The van der Waals surface area contributed by atoms with E-state index in [9.17, 15) is 9.59 Å². The first kappa shape index (κ1) is 20.5. The molecular weight excluding hydrogens is 372 g/mol. The Hall–Kier alpha value is -3.22. The average Bonchev–Trinajstić information content (AvgIpc) is 2.75. The molecule has 0 saturated carbocycles. The first-order valence-electron chi connectivity index (χ1n) is 9.41. The third kappa shape index (κ3) is 4.13. The number of piperidine rings is 1. The maximum absolute atomic E-state index is 13.2. The van der Waals surface area contributed by atoms with Crippen LogP contribution in [0.2, 0.25) is 0 Å². The van der Waals surface area contributed by atoms with E-state index in [1.54, 1.807) is 24.1 Å². The van der Waals surface area contributed by atoms with Gasteiger partial charge in [0, 0.05) is 31.3 Å². The number of benzene rings is 2. The van der Waals surface area contributed by atoms with E-state index in [1.165, 1.54) is 21.3 Å². The smallest absolute Gasteiger partial charge is 0.229 e. The van der Waals surface area contributed by atoms with Gasteiger partial charge in [-0.15, -0.1) is 0 Å². The highest BCUT2D eigenvalue weighted by molar-refractivity contribution is 5.95. The van der Waals surface area contributed by atoms with Gasteiger partial charge in [-0.05, 0) is 12.0 Å². The Labute approximate surface area is 170 Å². The summed E-state index contributed by atoms with van der Waals surface area (Å²) in [5.41, 5.74) is 1.48. The van der Waals surface area contributed by atoms with Gasteiger partial charge in [-0.3, -0.25) is 9.59 Å². The van der Waals surface area contributed by atoms with Crippen molar-refractivity contribution < 1.29 is 23.8 Å². The highest BCUT2D eigenvalue weighted by atomic mass is 16.5. The first-order chi connectivity index (χ1) is 14.0. The van der Waals surface area contributed by atoms with Crippen molar-refractivity contribution >= 4 is 17.5 Å². The highest BCUT2D eigenvalue weighted by Crippen LogP contribution is 2.41. The molecule has 0 radical (unpaired) electrons. The zero-order chi connectivity index (χ0) is 21.0. The number of rotatable bonds is 6. The van der Waals surface area contributed by atoms with Gasteiger partial charge in [0.15, 0.2) is 11.5 Å². The van der Waals surface area contributed by atoms with Crippen molar-refractivity contribution in [2.45, 2.75) is 18.9 Å². The van der Waals surface area contributed by atoms with E-state index in [2.05, 4.69) is 5.32 Å². The van der Waals surface area contributed by atoms with Crippen LogP contribution in [0, 0.1) is 5.92 Å². The van der Waals surface area contributed by atoms with Crippen LogP contribution in [-0.4, -0.2) is 45.1 Å². The van der Waals surface area contributed by atoms with Crippen LogP contribution in [0.15, 0.2) is 42.5 Å². The number of hydrogen-bond acceptors (Lipinski definition) is 5. The SMILES string of the molecule is COc1cc(NC(=O)[C@H]2CCC(=O)N(C)[C@H]2c2ccccc2)cc(OC)c1OC. The van der Waals surface area contributed by atoms with Crippen LogP contribution in [0.1, 0.15) is 24.4 Å². The molecule has 2 atom stereocenters. The van der Waals surface area contributed by atoms with Crippen molar-refractivity contribution in [3.8, 4) is 17.2 Å². The molecule has 0 unspecified atom stereocenters. The Morgan fingerprint density at radius 2 is 1.66 bits per heavy atom. The number of nitrogens with zero attached hydrogens (tertiary/aromatic N) is 1. The molecule has 2 aromatic carbocycles. The number of hydrogen-bond donors (Lipinski definition) is 1. The summed E-state index contributed by atoms with van der Waals surface area (Å²) in [4.78, 5) is 27.1. The Bertz CT molecular complexity index is 859. The molecule has 7 nitrogen and oxygen atoms in total. The van der Waals surface area contributed by atoms with Crippen molar-refractivity contribution in [3.05, 3.63) is 48.0 Å². The van der Waals surface area contributed by atoms with Gasteiger partial charge in [0.25, 0.3) is 0 Å². The van der Waals surface area contributed by atoms with E-state index in [0.29, 0.717) is 35.8 Å². The summed E-state index contributed by atoms with van der Waals surface area (Å²) in [5, 5.41) is 2.96. The minimum atomic E-state index is -0.376. The van der Waals surface area contributed by atoms with Crippen LogP contribution in [0.4, 0.5) is 5.69 Å². The molecule has 1 aliphatic heterocycles. The lowest BCUT2D eigenvalue weighted by Gasteiger charge is -2.38. The molecule has 0 spiro atoms. The molecule has 7 heteroatoms. The second kappa shape index (κ2) is 8.86. The van der Waals surface area contributed by atoms with Crippen LogP contribution in [0.3, 0.4) is 0 Å². The number of carbonyl (C=O) groups is 2. The Morgan fingerprint density at radius 1 is 1.03 bits per heavy atom. The predicted molar refractivity (Wildman–Crippen MR) is 109 cm³/mol. The Kier molecular flexibility index (Phi) is 6.26. The van der Waals surface area contributed by atoms with Crippen LogP contribution < -0.4 is 19.5 Å². The zero-order valence-corrected chi connectivity index (χ0v) is 17.1. The van der Waals surface area contributed by atoms with Gasteiger partial charge in [-0.2, -0.15) is 0 Å². The van der Waals surface area contributed by atoms with Gasteiger partial charge in [0.05, 0.1) is 33.3 Å². The number of amides is 2. The van der Waals surface area contributed by atoms with Gasteiger partial charge < -0.3 is 24.4 Å². The normalized spacial score (nSPS) is 18.9. The Morgan fingerprint density at radius 3 is 2.21 bits per heavy atom. The molecule has 29 heavy (non-hydrogen) atoms. The molecule has 1 aliphatic rings. The summed E-state index contributed by atoms with van der Waals surface area (Å²) >= 11 is 0. The number of likely N-dealkylation sites (tertiary alicyclic amines) is 1. The van der Waals surface area contributed by atoms with Gasteiger partial charge in [0.1, 0.15) is 0 Å². The third-order valence-electron chi connectivity index (χ3n) is 5.27. The molecule has 1 fully saturated rings. The fraction of sp³-hybridized carbons (Fsp3) is 0.364. The topological polar surface area (TPSA) is 77.1 Å². The summed E-state index contributed by atoms with van der Waals surface area (Å²) in [6, 6.07) is 12.7. The summed E-state index contributed by atoms with van der Waals surface area (Å²) in [6.45, 7) is 0. The maximum atomic E-state index is 13.2. The molecule has 0 aromatic heterocycles. The summed E-state index contributed by atoms with van der Waals surface area (Å²) in [5.74, 6) is 0.871. The van der Waals surface area contributed by atoms with Gasteiger partial charge in [0.2, 0.25) is 17.6 Å². The second-order valence-corrected chi connectivity index (χ2v) is 6.91. The van der Waals surface area contributed by atoms with Crippen LogP contribution >= 0.6 is 0 Å². The van der Waals surface area contributed by atoms with E-state index in [-0.39, 0.29) is 23.8 Å². The molecule has 0 bridgehead atoms. The van der Waals surface area contributed by atoms with Crippen molar-refractivity contribution in [2.75, 3.05) is 33.7 Å². The van der Waals surface area contributed by atoms with E-state index >= 15 is 0 Å². The molecule has 1 heterocycles. The highest BCUT2D eigenvalue weighted by Gasteiger charge is 2.38. The molecule has 1 N–H and O–H groups in total. The molecule has 0 aliphatic carbocycles. The average molecular weight is 398 g/mol. The maximum Gasteiger partial charge on any atom is 0.229 e. The van der Waals surface area contributed by atoms with Crippen molar-refractivity contribution in [2.24, 2.45) is 5.92 Å². The summed E-state index contributed by atoms with van der Waals surface area (Å²) in [6.07, 6.45) is 0.826. The van der Waals surface area contributed by atoms with Crippen LogP contribution in [-0.2, 0) is 9.59 Å². The van der Waals surface area contributed by atoms with Gasteiger partial charge in [-0.1, -0.05) is 30.3 Å². The van der Waals surface area contributed by atoms with Crippen LogP contribution in [0.25, 0.3) is 0 Å². The fourth-order valence-corrected chi connectivity index (χ4v) is 3.81. The van der Waals surface area contributed by atoms with E-state index in [0.717, 1.165) is 5.56 Å². The monoisotopic (exact) mass is 398 g/mol.